The van der Waals surface area contributed by atoms with Gasteiger partial charge in [0.1, 0.15) is 0 Å². The second kappa shape index (κ2) is 8.27. The molecule has 1 aliphatic rings. The fraction of sp³-hybridized carbons (Fsp3) is 0.800. The van der Waals surface area contributed by atoms with Gasteiger partial charge in [-0.3, -0.25) is 0 Å². The van der Waals surface area contributed by atoms with E-state index in [9.17, 15) is 0 Å². The number of hydrogen-bond acceptors (Lipinski definition) is 4. The number of imidazole rings is 1. The van der Waals surface area contributed by atoms with Crippen molar-refractivity contribution >= 4 is 5.95 Å². The number of piperidine rings is 1. The molecule has 0 aliphatic carbocycles. The summed E-state index contributed by atoms with van der Waals surface area (Å²) in [5.41, 5.74) is 0. The monoisotopic (exact) mass is 280 g/mol. The molecule has 5 nitrogen and oxygen atoms in total. The van der Waals surface area contributed by atoms with Gasteiger partial charge in [0.25, 0.3) is 0 Å². The van der Waals surface area contributed by atoms with Crippen molar-refractivity contribution in [3.05, 3.63) is 12.4 Å². The van der Waals surface area contributed by atoms with Crippen LogP contribution in [-0.4, -0.2) is 54.3 Å². The Labute approximate surface area is 122 Å². The molecule has 0 saturated carbocycles. The van der Waals surface area contributed by atoms with Gasteiger partial charge < -0.3 is 19.5 Å². The van der Waals surface area contributed by atoms with Crippen molar-refractivity contribution in [2.45, 2.75) is 32.7 Å². The lowest BCUT2D eigenvalue weighted by Gasteiger charge is -2.31. The zero-order chi connectivity index (χ0) is 14.2. The van der Waals surface area contributed by atoms with E-state index in [1.165, 1.54) is 32.5 Å². The summed E-state index contributed by atoms with van der Waals surface area (Å²) in [7, 11) is 1.75. The van der Waals surface area contributed by atoms with Crippen LogP contribution < -0.4 is 5.32 Å². The Hall–Kier alpha value is -1.07. The smallest absolute Gasteiger partial charge is 0.202 e. The minimum atomic E-state index is 0.780. The Morgan fingerprint density at radius 3 is 2.90 bits per heavy atom. The molecule has 114 valence electrons. The van der Waals surface area contributed by atoms with Gasteiger partial charge in [-0.1, -0.05) is 6.92 Å². The molecule has 1 N–H and O–H groups in total. The Morgan fingerprint density at radius 2 is 2.20 bits per heavy atom. The Balaban J connectivity index is 1.72. The summed E-state index contributed by atoms with van der Waals surface area (Å²) in [5, 5.41) is 3.52. The van der Waals surface area contributed by atoms with Gasteiger partial charge in [0.05, 0.1) is 0 Å². The van der Waals surface area contributed by atoms with E-state index in [4.69, 9.17) is 4.74 Å². The summed E-state index contributed by atoms with van der Waals surface area (Å²) in [5.74, 6) is 1.78. The molecular weight excluding hydrogens is 252 g/mol. The van der Waals surface area contributed by atoms with Crippen LogP contribution in [0.5, 0.6) is 0 Å². The molecule has 0 amide bonds. The third kappa shape index (κ3) is 4.49. The van der Waals surface area contributed by atoms with Gasteiger partial charge >= 0.3 is 0 Å². The number of nitrogens with one attached hydrogen (secondary N) is 1. The second-order valence-electron chi connectivity index (χ2n) is 5.55. The normalized spacial score (nSPS) is 17.5. The summed E-state index contributed by atoms with van der Waals surface area (Å²) in [6.07, 6.45) is 7.53. The third-order valence-electron chi connectivity index (χ3n) is 4.17. The first-order valence-electron chi connectivity index (χ1n) is 7.79. The molecule has 1 aromatic heterocycles. The molecule has 0 atom stereocenters. The van der Waals surface area contributed by atoms with Crippen LogP contribution in [0.25, 0.3) is 0 Å². The van der Waals surface area contributed by atoms with Gasteiger partial charge in [-0.05, 0) is 44.8 Å². The van der Waals surface area contributed by atoms with Crippen LogP contribution >= 0.6 is 0 Å². The molecule has 1 fully saturated rings. The van der Waals surface area contributed by atoms with Crippen molar-refractivity contribution in [1.29, 1.82) is 0 Å². The van der Waals surface area contributed by atoms with E-state index in [1.807, 2.05) is 12.4 Å². The zero-order valence-electron chi connectivity index (χ0n) is 12.8. The van der Waals surface area contributed by atoms with Gasteiger partial charge in [0, 0.05) is 39.2 Å². The van der Waals surface area contributed by atoms with E-state index in [2.05, 4.69) is 26.7 Å². The van der Waals surface area contributed by atoms with E-state index in [1.54, 1.807) is 7.11 Å². The molecule has 1 aliphatic heterocycles. The van der Waals surface area contributed by atoms with Crippen LogP contribution in [0.4, 0.5) is 5.95 Å². The van der Waals surface area contributed by atoms with Crippen molar-refractivity contribution in [2.75, 3.05) is 45.2 Å². The Bertz CT molecular complexity index is 372. The first-order valence-corrected chi connectivity index (χ1v) is 7.79. The molecule has 20 heavy (non-hydrogen) atoms. The summed E-state index contributed by atoms with van der Waals surface area (Å²) >= 11 is 0. The van der Waals surface area contributed by atoms with Gasteiger partial charge in [0.15, 0.2) is 0 Å². The van der Waals surface area contributed by atoms with Crippen molar-refractivity contribution < 1.29 is 4.74 Å². The topological polar surface area (TPSA) is 42.3 Å². The molecule has 0 spiro atoms. The highest BCUT2D eigenvalue weighted by Gasteiger charge is 2.18. The Kier molecular flexibility index (Phi) is 6.33. The minimum Gasteiger partial charge on any atom is -0.385 e. The van der Waals surface area contributed by atoms with E-state index < -0.39 is 0 Å². The van der Waals surface area contributed by atoms with Crippen molar-refractivity contribution in [3.63, 3.8) is 0 Å². The molecule has 0 aromatic carbocycles. The molecule has 0 unspecified atom stereocenters. The maximum Gasteiger partial charge on any atom is 0.202 e. The largest absolute Gasteiger partial charge is 0.385 e. The van der Waals surface area contributed by atoms with Crippen LogP contribution in [0.15, 0.2) is 12.4 Å². The SMILES string of the molecule is CCN1CCC(CNc2nccn2CCCOC)CC1. The van der Waals surface area contributed by atoms with E-state index in [0.717, 1.165) is 38.0 Å². The van der Waals surface area contributed by atoms with Gasteiger partial charge in [-0.2, -0.15) is 0 Å². The number of methoxy groups -OCH3 is 1. The van der Waals surface area contributed by atoms with Gasteiger partial charge in [0.2, 0.25) is 5.95 Å². The molecule has 0 bridgehead atoms. The lowest BCUT2D eigenvalue weighted by molar-refractivity contribution is 0.190. The van der Waals surface area contributed by atoms with Gasteiger partial charge in [-0.25, -0.2) is 4.98 Å². The second-order valence-corrected chi connectivity index (χ2v) is 5.55. The fourth-order valence-electron chi connectivity index (χ4n) is 2.78. The van der Waals surface area contributed by atoms with Crippen LogP contribution in [0.2, 0.25) is 0 Å². The van der Waals surface area contributed by atoms with E-state index in [0.29, 0.717) is 0 Å². The summed E-state index contributed by atoms with van der Waals surface area (Å²) in [6.45, 7) is 8.71. The summed E-state index contributed by atoms with van der Waals surface area (Å²) in [4.78, 5) is 6.94. The number of hydrogen-bond donors (Lipinski definition) is 1. The average Bonchev–Trinajstić information content (AvgIpc) is 2.93. The minimum absolute atomic E-state index is 0.780. The predicted molar refractivity (Wildman–Crippen MR) is 82.0 cm³/mol. The predicted octanol–water partition coefficient (Wildman–Crippen LogP) is 2.06. The van der Waals surface area contributed by atoms with Crippen LogP contribution in [-0.2, 0) is 11.3 Å². The highest BCUT2D eigenvalue weighted by molar-refractivity contribution is 5.25. The van der Waals surface area contributed by atoms with Crippen molar-refractivity contribution in [1.82, 2.24) is 14.5 Å². The van der Waals surface area contributed by atoms with Crippen LogP contribution in [0.3, 0.4) is 0 Å². The lowest BCUT2D eigenvalue weighted by atomic mass is 9.97. The van der Waals surface area contributed by atoms with E-state index >= 15 is 0 Å². The first kappa shape index (κ1) is 15.3. The number of ether oxygens (including phenoxy) is 1. The number of aromatic nitrogens is 2. The fourth-order valence-corrected chi connectivity index (χ4v) is 2.78. The standard InChI is InChI=1S/C15H28N4O/c1-3-18-9-5-14(6-10-18)13-17-15-16-7-11-19(15)8-4-12-20-2/h7,11,14H,3-6,8-10,12-13H2,1-2H3,(H,16,17). The number of rotatable bonds is 8. The number of nitrogens with zero attached hydrogens (tertiary/aromatic N) is 3. The summed E-state index contributed by atoms with van der Waals surface area (Å²) in [6, 6.07) is 0. The maximum absolute atomic E-state index is 5.10. The maximum atomic E-state index is 5.10. The Morgan fingerprint density at radius 1 is 1.40 bits per heavy atom. The third-order valence-corrected chi connectivity index (χ3v) is 4.17. The zero-order valence-corrected chi connectivity index (χ0v) is 12.8. The highest BCUT2D eigenvalue weighted by atomic mass is 16.5. The van der Waals surface area contributed by atoms with Crippen LogP contribution in [0, 0.1) is 5.92 Å². The van der Waals surface area contributed by atoms with Gasteiger partial charge in [-0.15, -0.1) is 0 Å². The molecule has 0 radical (unpaired) electrons. The molecule has 1 aromatic rings. The molecule has 1 saturated heterocycles. The van der Waals surface area contributed by atoms with Crippen LogP contribution in [0.1, 0.15) is 26.2 Å². The molecule has 2 rings (SSSR count). The highest BCUT2D eigenvalue weighted by Crippen LogP contribution is 2.17. The van der Waals surface area contributed by atoms with Crippen molar-refractivity contribution in [2.24, 2.45) is 5.92 Å². The number of aryl methyl sites for hydroxylation is 1. The average molecular weight is 280 g/mol. The molecular formula is C15H28N4O. The van der Waals surface area contributed by atoms with E-state index in [-0.39, 0.29) is 0 Å². The number of anilines is 1. The first-order chi connectivity index (χ1) is 9.83. The molecule has 2 heterocycles. The summed E-state index contributed by atoms with van der Waals surface area (Å²) < 4.78 is 7.28. The molecule has 5 heteroatoms. The van der Waals surface area contributed by atoms with Crippen molar-refractivity contribution in [3.8, 4) is 0 Å². The number of likely N-dealkylation sites (tertiary alicyclic amines) is 1. The quantitative estimate of drug-likeness (QED) is 0.740. The lowest BCUT2D eigenvalue weighted by Crippen LogP contribution is -2.35.